The zero-order valence-corrected chi connectivity index (χ0v) is 16.7. The molecule has 4 rings (SSSR count). The maximum absolute atomic E-state index is 12.1. The number of carbonyl (C=O) groups excluding carboxylic acids is 1. The number of benzene rings is 1. The van der Waals surface area contributed by atoms with Crippen molar-refractivity contribution in [2.24, 2.45) is 0 Å². The third kappa shape index (κ3) is 4.42. The normalized spacial score (nSPS) is 11.2. The Morgan fingerprint density at radius 1 is 1.00 bits per heavy atom. The van der Waals surface area contributed by atoms with E-state index in [9.17, 15) is 4.79 Å². The molecule has 0 bridgehead atoms. The van der Waals surface area contributed by atoms with E-state index in [4.69, 9.17) is 10.1 Å². The van der Waals surface area contributed by atoms with Gasteiger partial charge >= 0.3 is 0 Å². The fraction of sp³-hybridized carbons (Fsp3) is 0.304. The number of imidazole rings is 2. The smallest absolute Gasteiger partial charge is 0.162 e. The Kier molecular flexibility index (Phi) is 5.79. The van der Waals surface area contributed by atoms with E-state index in [1.807, 2.05) is 58.6 Å². The molecule has 0 atom stereocenters. The zero-order valence-electron chi connectivity index (χ0n) is 16.7. The minimum absolute atomic E-state index is 0.233. The van der Waals surface area contributed by atoms with Gasteiger partial charge in [-0.05, 0) is 31.9 Å². The van der Waals surface area contributed by atoms with Gasteiger partial charge in [0.1, 0.15) is 12.2 Å². The van der Waals surface area contributed by atoms with Crippen molar-refractivity contribution in [2.45, 2.75) is 45.4 Å². The van der Waals surface area contributed by atoms with Crippen molar-refractivity contribution >= 4 is 11.3 Å². The molecule has 4 aromatic rings. The molecule has 0 unspecified atom stereocenters. The summed E-state index contributed by atoms with van der Waals surface area (Å²) in [5, 5.41) is 4.74. The summed E-state index contributed by atoms with van der Waals surface area (Å²) in [5.41, 5.74) is 2.85. The molecule has 0 aliphatic carbocycles. The lowest BCUT2D eigenvalue weighted by atomic mass is 10.0. The predicted molar refractivity (Wildman–Crippen MR) is 112 cm³/mol. The van der Waals surface area contributed by atoms with Crippen LogP contribution in [0.5, 0.6) is 0 Å². The van der Waals surface area contributed by atoms with E-state index in [0.29, 0.717) is 6.42 Å². The fourth-order valence-corrected chi connectivity index (χ4v) is 3.57. The topological polar surface area (TPSA) is 65.1 Å². The van der Waals surface area contributed by atoms with E-state index in [1.165, 1.54) is 0 Å². The number of ketones is 1. The van der Waals surface area contributed by atoms with Crippen molar-refractivity contribution in [3.05, 3.63) is 78.3 Å². The van der Waals surface area contributed by atoms with Crippen molar-refractivity contribution in [1.82, 2.24) is 24.1 Å². The Bertz CT molecular complexity index is 1080. The van der Waals surface area contributed by atoms with Gasteiger partial charge in [-0.15, -0.1) is 5.10 Å². The molecule has 148 valence electrons. The van der Waals surface area contributed by atoms with Crippen LogP contribution >= 0.6 is 0 Å². The van der Waals surface area contributed by atoms with E-state index < -0.39 is 0 Å². The molecule has 0 aliphatic heterocycles. The van der Waals surface area contributed by atoms with Gasteiger partial charge in [-0.1, -0.05) is 43.2 Å². The minimum Gasteiger partial charge on any atom is -0.294 e. The van der Waals surface area contributed by atoms with E-state index in [1.54, 1.807) is 12.5 Å². The van der Waals surface area contributed by atoms with Crippen LogP contribution in [0.15, 0.2) is 61.2 Å². The first-order chi connectivity index (χ1) is 14.2. The number of Topliss-reactive ketones (excluding diaryl/α,β-unsaturated/α-hetero) is 1. The third-order valence-corrected chi connectivity index (χ3v) is 5.15. The summed E-state index contributed by atoms with van der Waals surface area (Å²) in [6, 6.07) is 13.6. The molecular weight excluding hydrogens is 362 g/mol. The van der Waals surface area contributed by atoms with Gasteiger partial charge in [0.2, 0.25) is 0 Å². The van der Waals surface area contributed by atoms with Crippen LogP contribution in [-0.2, 0) is 6.42 Å². The Balaban J connectivity index is 1.30. The molecule has 6 nitrogen and oxygen atoms in total. The van der Waals surface area contributed by atoms with Crippen LogP contribution < -0.4 is 0 Å². The van der Waals surface area contributed by atoms with Gasteiger partial charge in [-0.2, -0.15) is 0 Å². The monoisotopic (exact) mass is 387 g/mol. The van der Waals surface area contributed by atoms with Crippen molar-refractivity contribution in [2.75, 3.05) is 0 Å². The average Bonchev–Trinajstić information content (AvgIpc) is 3.39. The maximum Gasteiger partial charge on any atom is 0.162 e. The fourth-order valence-electron chi connectivity index (χ4n) is 3.57. The highest BCUT2D eigenvalue weighted by Gasteiger charge is 2.11. The first-order valence-corrected chi connectivity index (χ1v) is 10.1. The summed E-state index contributed by atoms with van der Waals surface area (Å²) in [4.78, 5) is 21.0. The number of rotatable bonds is 9. The molecule has 0 radical (unpaired) electrons. The van der Waals surface area contributed by atoms with Gasteiger partial charge in [-0.25, -0.2) is 14.5 Å². The molecule has 1 aromatic carbocycles. The Morgan fingerprint density at radius 3 is 2.62 bits per heavy atom. The summed E-state index contributed by atoms with van der Waals surface area (Å²) in [7, 11) is 0. The molecule has 0 N–H and O–H groups in total. The molecule has 0 saturated carbocycles. The van der Waals surface area contributed by atoms with Crippen LogP contribution in [0.2, 0.25) is 0 Å². The van der Waals surface area contributed by atoms with Crippen molar-refractivity contribution < 1.29 is 4.79 Å². The van der Waals surface area contributed by atoms with Gasteiger partial charge in [0.25, 0.3) is 0 Å². The van der Waals surface area contributed by atoms with Crippen LogP contribution in [0.4, 0.5) is 0 Å². The highest BCUT2D eigenvalue weighted by atomic mass is 16.1. The van der Waals surface area contributed by atoms with E-state index in [0.717, 1.165) is 60.5 Å². The second kappa shape index (κ2) is 8.82. The number of hydrogen-bond donors (Lipinski definition) is 0. The number of carbonyl (C=O) groups is 1. The molecule has 0 amide bonds. The number of aromatic nitrogens is 5. The second-order valence-electron chi connectivity index (χ2n) is 7.28. The number of fused-ring (bicyclic) bond motifs is 1. The highest BCUT2D eigenvalue weighted by Crippen LogP contribution is 2.16. The Hall–Kier alpha value is -3.28. The number of hydrogen-bond acceptors (Lipinski definition) is 4. The minimum atomic E-state index is 0.233. The van der Waals surface area contributed by atoms with Crippen LogP contribution in [0, 0.1) is 6.92 Å². The molecule has 0 spiro atoms. The molecule has 29 heavy (non-hydrogen) atoms. The second-order valence-corrected chi connectivity index (χ2v) is 7.28. The number of nitrogens with zero attached hydrogens (tertiary/aromatic N) is 5. The van der Waals surface area contributed by atoms with Gasteiger partial charge in [0, 0.05) is 30.8 Å². The van der Waals surface area contributed by atoms with Gasteiger partial charge < -0.3 is 0 Å². The van der Waals surface area contributed by atoms with Crippen LogP contribution in [-0.4, -0.2) is 29.9 Å². The summed E-state index contributed by atoms with van der Waals surface area (Å²) in [6.07, 6.45) is 11.0. The lowest BCUT2D eigenvalue weighted by Crippen LogP contribution is -2.04. The Morgan fingerprint density at radius 2 is 1.83 bits per heavy atom. The summed E-state index contributed by atoms with van der Waals surface area (Å²) in [6.45, 7) is 2.02. The lowest BCUT2D eigenvalue weighted by Gasteiger charge is -2.05. The van der Waals surface area contributed by atoms with Crippen LogP contribution in [0.1, 0.15) is 54.0 Å². The largest absolute Gasteiger partial charge is 0.294 e. The zero-order chi connectivity index (χ0) is 20.1. The maximum atomic E-state index is 12.1. The predicted octanol–water partition coefficient (Wildman–Crippen LogP) is 4.60. The quantitative estimate of drug-likeness (QED) is 0.311. The van der Waals surface area contributed by atoms with E-state index in [-0.39, 0.29) is 5.78 Å². The summed E-state index contributed by atoms with van der Waals surface area (Å²) < 4.78 is 3.84. The van der Waals surface area contributed by atoms with Crippen molar-refractivity contribution in [3.63, 3.8) is 0 Å². The molecule has 0 fully saturated rings. The van der Waals surface area contributed by atoms with Gasteiger partial charge in [0.05, 0.1) is 11.2 Å². The first kappa shape index (κ1) is 19.1. The standard InChI is InChI=1S/C23H25N5O/c1-18-20-13-14-23(27-16-15-24-17-27)26-28(20)22(25-18)12-8-3-2-7-11-21(29)19-9-5-4-6-10-19/h4-6,9-10,13-17H,2-3,7-8,11-12H2,1H3. The van der Waals surface area contributed by atoms with Crippen molar-refractivity contribution in [1.29, 1.82) is 0 Å². The number of unbranched alkanes of at least 4 members (excludes halogenated alkanes) is 3. The summed E-state index contributed by atoms with van der Waals surface area (Å²) >= 11 is 0. The first-order valence-electron chi connectivity index (χ1n) is 10.1. The molecule has 3 aromatic heterocycles. The Labute approximate surface area is 170 Å². The third-order valence-electron chi connectivity index (χ3n) is 5.15. The molecule has 0 aliphatic rings. The van der Waals surface area contributed by atoms with E-state index in [2.05, 4.69) is 11.1 Å². The lowest BCUT2D eigenvalue weighted by molar-refractivity contribution is 0.0979. The van der Waals surface area contributed by atoms with E-state index >= 15 is 0 Å². The van der Waals surface area contributed by atoms with Gasteiger partial charge in [-0.3, -0.25) is 9.36 Å². The molecule has 0 saturated heterocycles. The average molecular weight is 387 g/mol. The molecule has 3 heterocycles. The van der Waals surface area contributed by atoms with Gasteiger partial charge in [0.15, 0.2) is 11.6 Å². The highest BCUT2D eigenvalue weighted by molar-refractivity contribution is 5.95. The molecule has 6 heteroatoms. The van der Waals surface area contributed by atoms with Crippen LogP contribution in [0.3, 0.4) is 0 Å². The SMILES string of the molecule is Cc1nc(CCCCCCC(=O)c2ccccc2)n2nc(-n3ccnc3)ccc12. The van der Waals surface area contributed by atoms with Crippen molar-refractivity contribution in [3.8, 4) is 5.82 Å². The molecular formula is C23H25N5O. The number of aryl methyl sites for hydroxylation is 2. The van der Waals surface area contributed by atoms with Crippen LogP contribution in [0.25, 0.3) is 11.3 Å². The summed E-state index contributed by atoms with van der Waals surface area (Å²) in [5.74, 6) is 2.05.